The van der Waals surface area contributed by atoms with E-state index in [0.717, 1.165) is 11.9 Å². The van der Waals surface area contributed by atoms with Crippen molar-refractivity contribution in [3.8, 4) is 0 Å². The Morgan fingerprint density at radius 3 is 2.71 bits per heavy atom. The molecular formula is C22H28N4O4S. The molecule has 0 spiro atoms. The maximum atomic E-state index is 12.9. The third-order valence-electron chi connectivity index (χ3n) is 6.00. The van der Waals surface area contributed by atoms with Gasteiger partial charge in [0.25, 0.3) is 0 Å². The molecule has 1 saturated heterocycles. The Morgan fingerprint density at radius 1 is 1.26 bits per heavy atom. The van der Waals surface area contributed by atoms with Crippen LogP contribution < -0.4 is 5.32 Å². The number of aromatic amines is 1. The first kappa shape index (κ1) is 21.6. The van der Waals surface area contributed by atoms with Gasteiger partial charge in [-0.15, -0.1) is 0 Å². The van der Waals surface area contributed by atoms with Crippen LogP contribution in [-0.4, -0.2) is 48.4 Å². The number of aromatic nitrogens is 2. The first-order valence-electron chi connectivity index (χ1n) is 10.6. The van der Waals surface area contributed by atoms with Crippen LogP contribution in [0.4, 0.5) is 0 Å². The van der Waals surface area contributed by atoms with E-state index in [1.54, 1.807) is 13.8 Å². The van der Waals surface area contributed by atoms with Crippen LogP contribution in [0.25, 0.3) is 10.9 Å². The highest BCUT2D eigenvalue weighted by atomic mass is 32.2. The van der Waals surface area contributed by atoms with E-state index in [0.29, 0.717) is 50.4 Å². The Morgan fingerprint density at radius 2 is 2.00 bits per heavy atom. The molecule has 3 aromatic rings. The van der Waals surface area contributed by atoms with Gasteiger partial charge >= 0.3 is 0 Å². The molecule has 0 aliphatic carbocycles. The standard InChI is InChI=1S/C22H28N4O4S/c1-15-22(16(2)30-25-15)31(28,29)26-11-8-17(9-12-26)13-21(27)23-10-7-18-14-24-20-6-4-3-5-19(18)20/h3-6,14,17,24H,7-13H2,1-2H3,(H,23,27). The van der Waals surface area contributed by atoms with Crippen molar-refractivity contribution >= 4 is 26.8 Å². The molecule has 0 radical (unpaired) electrons. The van der Waals surface area contributed by atoms with E-state index >= 15 is 0 Å². The Kier molecular flexibility index (Phi) is 6.15. The van der Waals surface area contributed by atoms with E-state index in [4.69, 9.17) is 4.52 Å². The van der Waals surface area contributed by atoms with Crippen molar-refractivity contribution in [1.29, 1.82) is 0 Å². The average Bonchev–Trinajstić information content (AvgIpc) is 3.31. The van der Waals surface area contributed by atoms with Gasteiger partial charge in [-0.2, -0.15) is 4.31 Å². The van der Waals surface area contributed by atoms with Gasteiger partial charge in [-0.1, -0.05) is 23.4 Å². The van der Waals surface area contributed by atoms with Gasteiger partial charge in [-0.05, 0) is 50.7 Å². The second-order valence-corrected chi connectivity index (χ2v) is 10.0. The molecule has 0 unspecified atom stereocenters. The van der Waals surface area contributed by atoms with E-state index in [9.17, 15) is 13.2 Å². The molecule has 1 aliphatic heterocycles. The van der Waals surface area contributed by atoms with Gasteiger partial charge in [0, 0.05) is 43.2 Å². The molecule has 2 N–H and O–H groups in total. The zero-order chi connectivity index (χ0) is 22.0. The highest BCUT2D eigenvalue weighted by Gasteiger charge is 2.34. The van der Waals surface area contributed by atoms with Crippen LogP contribution in [0.15, 0.2) is 39.9 Å². The van der Waals surface area contributed by atoms with Gasteiger partial charge < -0.3 is 14.8 Å². The number of carbonyl (C=O) groups excluding carboxylic acids is 1. The van der Waals surface area contributed by atoms with Crippen molar-refractivity contribution in [3.63, 3.8) is 0 Å². The molecular weight excluding hydrogens is 416 g/mol. The normalized spacial score (nSPS) is 16.1. The number of benzene rings is 1. The van der Waals surface area contributed by atoms with E-state index in [-0.39, 0.29) is 16.7 Å². The van der Waals surface area contributed by atoms with Crippen LogP contribution in [0.1, 0.15) is 36.3 Å². The predicted molar refractivity (Wildman–Crippen MR) is 117 cm³/mol. The molecule has 0 saturated carbocycles. The highest BCUT2D eigenvalue weighted by Crippen LogP contribution is 2.28. The number of fused-ring (bicyclic) bond motifs is 1. The number of piperidine rings is 1. The molecule has 166 valence electrons. The Balaban J connectivity index is 1.25. The smallest absolute Gasteiger partial charge is 0.248 e. The minimum Gasteiger partial charge on any atom is -0.361 e. The van der Waals surface area contributed by atoms with Gasteiger partial charge in [0.1, 0.15) is 10.6 Å². The maximum absolute atomic E-state index is 12.9. The monoisotopic (exact) mass is 444 g/mol. The molecule has 1 amide bonds. The SMILES string of the molecule is Cc1noc(C)c1S(=O)(=O)N1CCC(CC(=O)NCCc2c[nH]c3ccccc23)CC1. The Bertz CT molecular complexity index is 1150. The quantitative estimate of drug-likeness (QED) is 0.582. The molecule has 8 nitrogen and oxygen atoms in total. The third-order valence-corrected chi connectivity index (χ3v) is 8.15. The summed E-state index contributed by atoms with van der Waals surface area (Å²) < 4.78 is 32.3. The molecule has 9 heteroatoms. The first-order chi connectivity index (χ1) is 14.9. The molecule has 0 bridgehead atoms. The van der Waals surface area contributed by atoms with Crippen molar-refractivity contribution < 1.29 is 17.7 Å². The van der Waals surface area contributed by atoms with Crippen LogP contribution in [0.5, 0.6) is 0 Å². The first-order valence-corrected chi connectivity index (χ1v) is 12.0. The van der Waals surface area contributed by atoms with Gasteiger partial charge in [0.2, 0.25) is 15.9 Å². The molecule has 1 fully saturated rings. The molecule has 3 heterocycles. The van der Waals surface area contributed by atoms with Gasteiger partial charge in [0.15, 0.2) is 5.76 Å². The highest BCUT2D eigenvalue weighted by molar-refractivity contribution is 7.89. The van der Waals surface area contributed by atoms with Crippen LogP contribution in [-0.2, 0) is 21.2 Å². The lowest BCUT2D eigenvalue weighted by atomic mass is 9.94. The summed E-state index contributed by atoms with van der Waals surface area (Å²) in [4.78, 5) is 15.8. The molecule has 1 aromatic carbocycles. The molecule has 0 atom stereocenters. The van der Waals surface area contributed by atoms with Crippen LogP contribution in [0, 0.1) is 19.8 Å². The van der Waals surface area contributed by atoms with Crippen molar-refractivity contribution in [3.05, 3.63) is 47.5 Å². The Hall–Kier alpha value is -2.65. The largest absolute Gasteiger partial charge is 0.361 e. The van der Waals surface area contributed by atoms with E-state index < -0.39 is 10.0 Å². The maximum Gasteiger partial charge on any atom is 0.248 e. The number of carbonyl (C=O) groups is 1. The van der Waals surface area contributed by atoms with Crippen molar-refractivity contribution in [1.82, 2.24) is 19.8 Å². The fourth-order valence-electron chi connectivity index (χ4n) is 4.34. The molecule has 4 rings (SSSR count). The number of para-hydroxylation sites is 1. The number of aryl methyl sites for hydroxylation is 2. The molecule has 1 aliphatic rings. The van der Waals surface area contributed by atoms with Gasteiger partial charge in [0.05, 0.1) is 0 Å². The fraction of sp³-hybridized carbons (Fsp3) is 0.455. The van der Waals surface area contributed by atoms with Gasteiger partial charge in [-0.3, -0.25) is 4.79 Å². The summed E-state index contributed by atoms with van der Waals surface area (Å²) in [5.74, 6) is 0.519. The summed E-state index contributed by atoms with van der Waals surface area (Å²) in [5.41, 5.74) is 2.67. The summed E-state index contributed by atoms with van der Waals surface area (Å²) >= 11 is 0. The fourth-order valence-corrected chi connectivity index (χ4v) is 6.10. The lowest BCUT2D eigenvalue weighted by Crippen LogP contribution is -2.40. The summed E-state index contributed by atoms with van der Waals surface area (Å²) in [6.45, 7) is 4.64. The summed E-state index contributed by atoms with van der Waals surface area (Å²) in [5, 5.41) is 7.95. The average molecular weight is 445 g/mol. The van der Waals surface area contributed by atoms with Gasteiger partial charge in [-0.25, -0.2) is 8.42 Å². The number of nitrogens with zero attached hydrogens (tertiary/aromatic N) is 2. The second-order valence-electron chi connectivity index (χ2n) is 8.16. The molecule has 31 heavy (non-hydrogen) atoms. The second kappa shape index (κ2) is 8.84. The van der Waals surface area contributed by atoms with E-state index in [1.165, 1.54) is 15.3 Å². The van der Waals surface area contributed by atoms with Crippen LogP contribution in [0.3, 0.4) is 0 Å². The number of H-pyrrole nitrogens is 1. The lowest BCUT2D eigenvalue weighted by Gasteiger charge is -2.30. The summed E-state index contributed by atoms with van der Waals surface area (Å²) in [6, 6.07) is 8.12. The lowest BCUT2D eigenvalue weighted by molar-refractivity contribution is -0.122. The summed E-state index contributed by atoms with van der Waals surface area (Å²) in [7, 11) is -3.62. The number of amides is 1. The van der Waals surface area contributed by atoms with Crippen LogP contribution in [0.2, 0.25) is 0 Å². The zero-order valence-electron chi connectivity index (χ0n) is 17.8. The number of nitrogens with one attached hydrogen (secondary N) is 2. The third kappa shape index (κ3) is 4.52. The topological polar surface area (TPSA) is 108 Å². The van der Waals surface area contributed by atoms with Crippen molar-refractivity contribution in [2.45, 2.75) is 44.4 Å². The number of hydrogen-bond donors (Lipinski definition) is 2. The number of hydrogen-bond acceptors (Lipinski definition) is 5. The zero-order valence-corrected chi connectivity index (χ0v) is 18.7. The van der Waals surface area contributed by atoms with E-state index in [1.807, 2.05) is 24.4 Å². The molecule has 2 aromatic heterocycles. The van der Waals surface area contributed by atoms with Crippen molar-refractivity contribution in [2.24, 2.45) is 5.92 Å². The minimum absolute atomic E-state index is 0.0203. The summed E-state index contributed by atoms with van der Waals surface area (Å²) in [6.07, 6.45) is 4.51. The number of sulfonamides is 1. The Labute approximate surface area is 182 Å². The number of rotatable bonds is 7. The van der Waals surface area contributed by atoms with E-state index in [2.05, 4.69) is 21.5 Å². The minimum atomic E-state index is -3.62. The van der Waals surface area contributed by atoms with Crippen LogP contribution >= 0.6 is 0 Å². The predicted octanol–water partition coefficient (Wildman–Crippen LogP) is 2.92. The van der Waals surface area contributed by atoms with Crippen molar-refractivity contribution in [2.75, 3.05) is 19.6 Å².